The molecule has 0 spiro atoms. The monoisotopic (exact) mass is 326 g/mol. The van der Waals surface area contributed by atoms with Gasteiger partial charge in [0.05, 0.1) is 11.8 Å². The van der Waals surface area contributed by atoms with E-state index in [4.69, 9.17) is 14.6 Å². The lowest BCUT2D eigenvalue weighted by molar-refractivity contribution is -0.130. The van der Waals surface area contributed by atoms with Crippen LogP contribution in [0, 0.1) is 0 Å². The van der Waals surface area contributed by atoms with Crippen molar-refractivity contribution >= 4 is 18.1 Å². The first-order valence-corrected chi connectivity index (χ1v) is 7.18. The van der Waals surface area contributed by atoms with Crippen LogP contribution in [0.3, 0.4) is 0 Å². The van der Waals surface area contributed by atoms with Gasteiger partial charge in [0.15, 0.2) is 11.5 Å². The fourth-order valence-electron chi connectivity index (χ4n) is 2.10. The van der Waals surface area contributed by atoms with Gasteiger partial charge in [0.2, 0.25) is 6.10 Å². The summed E-state index contributed by atoms with van der Waals surface area (Å²) >= 11 is 0. The van der Waals surface area contributed by atoms with Crippen LogP contribution in [0.1, 0.15) is 15.9 Å². The second-order valence-electron chi connectivity index (χ2n) is 5.03. The Kier molecular flexibility index (Phi) is 4.42. The van der Waals surface area contributed by atoms with Crippen LogP contribution >= 0.6 is 0 Å². The topological polar surface area (TPSA) is 97.2 Å². The Balaban J connectivity index is 1.57. The highest BCUT2D eigenvalue weighted by molar-refractivity contribution is 5.89. The number of hydrazone groups is 1. The molecule has 1 atom stereocenters. The number of ether oxygens (including phenoxy) is 2. The normalized spacial score (nSPS) is 15.9. The number of para-hydroxylation sites is 2. The van der Waals surface area contributed by atoms with Crippen molar-refractivity contribution in [1.29, 1.82) is 0 Å². The van der Waals surface area contributed by atoms with Gasteiger partial charge in [0.1, 0.15) is 6.61 Å². The van der Waals surface area contributed by atoms with Crippen LogP contribution in [0.15, 0.2) is 53.6 Å². The minimum absolute atomic E-state index is 0.103. The van der Waals surface area contributed by atoms with Gasteiger partial charge in [-0.3, -0.25) is 4.79 Å². The maximum absolute atomic E-state index is 12.0. The van der Waals surface area contributed by atoms with Crippen LogP contribution in [0.4, 0.5) is 0 Å². The zero-order chi connectivity index (χ0) is 16.9. The summed E-state index contributed by atoms with van der Waals surface area (Å²) in [6.45, 7) is 0.103. The van der Waals surface area contributed by atoms with Crippen LogP contribution in [-0.2, 0) is 4.79 Å². The maximum atomic E-state index is 12.0. The van der Waals surface area contributed by atoms with Gasteiger partial charge in [0.25, 0.3) is 5.91 Å². The van der Waals surface area contributed by atoms with Crippen molar-refractivity contribution in [2.24, 2.45) is 5.10 Å². The molecule has 0 radical (unpaired) electrons. The lowest BCUT2D eigenvalue weighted by Gasteiger charge is -2.24. The number of fused-ring (bicyclic) bond motifs is 1. The highest BCUT2D eigenvalue weighted by Gasteiger charge is 2.26. The number of carbonyl (C=O) groups excluding carboxylic acids is 1. The molecule has 2 aromatic carbocycles. The molecule has 0 bridgehead atoms. The Hall–Kier alpha value is -3.35. The molecule has 24 heavy (non-hydrogen) atoms. The molecule has 7 heteroatoms. The smallest absolute Gasteiger partial charge is 0.335 e. The van der Waals surface area contributed by atoms with E-state index in [9.17, 15) is 9.59 Å². The minimum atomic E-state index is -0.999. The molecule has 3 rings (SSSR count). The molecule has 0 aromatic heterocycles. The molecule has 0 fully saturated rings. The minimum Gasteiger partial charge on any atom is -0.485 e. The number of nitrogens with zero attached hydrogens (tertiary/aromatic N) is 1. The van der Waals surface area contributed by atoms with E-state index in [1.54, 1.807) is 30.3 Å². The maximum Gasteiger partial charge on any atom is 0.335 e. The molecule has 0 unspecified atom stereocenters. The number of hydrogen-bond donors (Lipinski definition) is 2. The number of benzene rings is 2. The molecule has 0 saturated heterocycles. The first kappa shape index (κ1) is 15.5. The third-order valence-electron chi connectivity index (χ3n) is 3.35. The second kappa shape index (κ2) is 6.82. The van der Waals surface area contributed by atoms with Gasteiger partial charge in [-0.1, -0.05) is 24.3 Å². The Bertz CT molecular complexity index is 786. The number of carbonyl (C=O) groups is 2. The summed E-state index contributed by atoms with van der Waals surface area (Å²) in [5.41, 5.74) is 3.22. The first-order chi connectivity index (χ1) is 11.6. The lowest BCUT2D eigenvalue weighted by atomic mass is 10.1. The summed E-state index contributed by atoms with van der Waals surface area (Å²) in [5.74, 6) is -0.315. The third kappa shape index (κ3) is 3.52. The average Bonchev–Trinajstić information content (AvgIpc) is 2.61. The van der Waals surface area contributed by atoms with Gasteiger partial charge < -0.3 is 14.6 Å². The quantitative estimate of drug-likeness (QED) is 0.658. The number of hydrogen-bond acceptors (Lipinski definition) is 5. The average molecular weight is 326 g/mol. The zero-order valence-electron chi connectivity index (χ0n) is 12.5. The van der Waals surface area contributed by atoms with Gasteiger partial charge in [-0.2, -0.15) is 5.10 Å². The number of carboxylic acids is 1. The molecule has 122 valence electrons. The van der Waals surface area contributed by atoms with E-state index in [1.165, 1.54) is 18.3 Å². The van der Waals surface area contributed by atoms with Crippen molar-refractivity contribution in [3.63, 3.8) is 0 Å². The van der Waals surface area contributed by atoms with Crippen molar-refractivity contribution < 1.29 is 24.2 Å². The Morgan fingerprint density at radius 1 is 1.12 bits per heavy atom. The van der Waals surface area contributed by atoms with Gasteiger partial charge in [-0.25, -0.2) is 10.2 Å². The third-order valence-corrected chi connectivity index (χ3v) is 3.35. The van der Waals surface area contributed by atoms with Crippen LogP contribution in [0.25, 0.3) is 0 Å². The Morgan fingerprint density at radius 2 is 1.83 bits per heavy atom. The van der Waals surface area contributed by atoms with Crippen LogP contribution in [0.2, 0.25) is 0 Å². The van der Waals surface area contributed by atoms with E-state index in [-0.39, 0.29) is 12.2 Å². The molecule has 7 nitrogen and oxygen atoms in total. The van der Waals surface area contributed by atoms with Gasteiger partial charge in [-0.15, -0.1) is 0 Å². The van der Waals surface area contributed by atoms with E-state index in [0.717, 1.165) is 0 Å². The number of nitrogens with one attached hydrogen (secondary N) is 1. The summed E-state index contributed by atoms with van der Waals surface area (Å²) in [4.78, 5) is 22.8. The molecule has 1 aliphatic heterocycles. The number of carboxylic acid groups (broad SMARTS) is 1. The molecule has 1 aliphatic rings. The highest BCUT2D eigenvalue weighted by Crippen LogP contribution is 2.30. The summed E-state index contributed by atoms with van der Waals surface area (Å²) in [7, 11) is 0. The molecular formula is C17H14N2O5. The molecule has 2 N–H and O–H groups in total. The first-order valence-electron chi connectivity index (χ1n) is 7.18. The number of amides is 1. The van der Waals surface area contributed by atoms with Crippen molar-refractivity contribution in [1.82, 2.24) is 5.43 Å². The number of aromatic carboxylic acids is 1. The van der Waals surface area contributed by atoms with Crippen LogP contribution in [0.5, 0.6) is 11.5 Å². The number of rotatable bonds is 4. The van der Waals surface area contributed by atoms with Crippen LogP contribution < -0.4 is 14.9 Å². The largest absolute Gasteiger partial charge is 0.485 e. The molecule has 2 aromatic rings. The van der Waals surface area contributed by atoms with Crippen molar-refractivity contribution in [3.05, 3.63) is 59.7 Å². The molecular weight excluding hydrogens is 312 g/mol. The van der Waals surface area contributed by atoms with Crippen molar-refractivity contribution in [2.45, 2.75) is 6.10 Å². The van der Waals surface area contributed by atoms with Crippen molar-refractivity contribution in [3.8, 4) is 11.5 Å². The SMILES string of the molecule is O=C(O)c1ccc(/C=N\NC(=O)[C@@H]2COc3ccccc3O2)cc1. The van der Waals surface area contributed by atoms with E-state index < -0.39 is 18.0 Å². The van der Waals surface area contributed by atoms with E-state index in [1.807, 2.05) is 6.07 Å². The Labute approximate surface area is 137 Å². The molecule has 1 heterocycles. The van der Waals surface area contributed by atoms with E-state index in [2.05, 4.69) is 10.5 Å². The van der Waals surface area contributed by atoms with Gasteiger partial charge >= 0.3 is 5.97 Å². The second-order valence-corrected chi connectivity index (χ2v) is 5.03. The summed E-state index contributed by atoms with van der Waals surface area (Å²) in [6, 6.07) is 13.2. The van der Waals surface area contributed by atoms with E-state index >= 15 is 0 Å². The predicted molar refractivity (Wildman–Crippen MR) is 85.5 cm³/mol. The molecule has 0 saturated carbocycles. The van der Waals surface area contributed by atoms with Gasteiger partial charge in [0, 0.05) is 0 Å². The zero-order valence-corrected chi connectivity index (χ0v) is 12.5. The lowest BCUT2D eigenvalue weighted by Crippen LogP contribution is -2.42. The molecule has 0 aliphatic carbocycles. The summed E-state index contributed by atoms with van der Waals surface area (Å²) in [6.07, 6.45) is 0.632. The highest BCUT2D eigenvalue weighted by atomic mass is 16.6. The predicted octanol–water partition coefficient (Wildman–Crippen LogP) is 1.67. The van der Waals surface area contributed by atoms with E-state index in [0.29, 0.717) is 17.1 Å². The Morgan fingerprint density at radius 3 is 2.54 bits per heavy atom. The standard InChI is InChI=1S/C17H14N2O5/c20-16(15-10-23-13-3-1-2-4-14(13)24-15)19-18-9-11-5-7-12(8-6-11)17(21)22/h1-9,15H,10H2,(H,19,20)(H,21,22)/b18-9-/t15-/m0/s1. The van der Waals surface area contributed by atoms with Crippen LogP contribution in [-0.4, -0.2) is 35.9 Å². The van der Waals surface area contributed by atoms with Gasteiger partial charge in [-0.05, 0) is 29.8 Å². The summed E-state index contributed by atoms with van der Waals surface area (Å²) < 4.78 is 11.0. The fraction of sp³-hybridized carbons (Fsp3) is 0.118. The summed E-state index contributed by atoms with van der Waals surface area (Å²) in [5, 5.41) is 12.7. The molecule has 1 amide bonds. The van der Waals surface area contributed by atoms with Crippen molar-refractivity contribution in [2.75, 3.05) is 6.61 Å². The fourth-order valence-corrected chi connectivity index (χ4v) is 2.10.